The molecule has 1 heterocycles. The van der Waals surface area contributed by atoms with Gasteiger partial charge in [0.15, 0.2) is 0 Å². The average molecular weight is 806 g/mol. The van der Waals surface area contributed by atoms with Gasteiger partial charge in [-0.25, -0.2) is 0 Å². The van der Waals surface area contributed by atoms with E-state index in [0.717, 1.165) is 17.1 Å². The van der Waals surface area contributed by atoms with E-state index in [1.54, 1.807) is 0 Å². The van der Waals surface area contributed by atoms with Crippen molar-refractivity contribution < 1.29 is 0 Å². The van der Waals surface area contributed by atoms with E-state index in [1.807, 2.05) is 11.3 Å². The molecule has 0 atom stereocenters. The van der Waals surface area contributed by atoms with Gasteiger partial charge in [0.1, 0.15) is 0 Å². The van der Waals surface area contributed by atoms with E-state index in [1.165, 1.54) is 97.0 Å². The lowest BCUT2D eigenvalue weighted by Crippen LogP contribution is -2.10. The highest BCUT2D eigenvalue weighted by Gasteiger charge is 2.22. The number of nitrogens with zero attached hydrogens (tertiary/aromatic N) is 1. The predicted molar refractivity (Wildman–Crippen MR) is 268 cm³/mol. The topological polar surface area (TPSA) is 3.24 Å². The zero-order chi connectivity index (χ0) is 41.0. The van der Waals surface area contributed by atoms with Crippen LogP contribution in [-0.2, 0) is 0 Å². The van der Waals surface area contributed by atoms with Gasteiger partial charge in [-0.05, 0) is 107 Å². The summed E-state index contributed by atoms with van der Waals surface area (Å²) in [5.74, 6) is 0. The van der Waals surface area contributed by atoms with Crippen LogP contribution in [0.3, 0.4) is 0 Å². The second-order valence-corrected chi connectivity index (χ2v) is 17.0. The third kappa shape index (κ3) is 6.07. The summed E-state index contributed by atoms with van der Waals surface area (Å²) in [5, 5.41) is 9.97. The Morgan fingerprint density at radius 1 is 0.274 bits per heavy atom. The fourth-order valence-corrected chi connectivity index (χ4v) is 10.9. The van der Waals surface area contributed by atoms with Crippen LogP contribution in [0.2, 0.25) is 0 Å². The zero-order valence-electron chi connectivity index (χ0n) is 33.9. The molecule has 0 aliphatic heterocycles. The van der Waals surface area contributed by atoms with Crippen LogP contribution in [0, 0.1) is 0 Å². The molecule has 0 bridgehead atoms. The minimum atomic E-state index is 1.10. The number of hydrogen-bond donors (Lipinski definition) is 0. The molecule has 0 N–H and O–H groups in total. The van der Waals surface area contributed by atoms with E-state index in [2.05, 4.69) is 241 Å². The molecule has 0 aliphatic carbocycles. The molecule has 11 aromatic carbocycles. The molecule has 1 nitrogen and oxygen atoms in total. The normalized spacial score (nSPS) is 11.5. The van der Waals surface area contributed by atoms with Crippen LogP contribution in [0.25, 0.3) is 97.0 Å². The van der Waals surface area contributed by atoms with Crippen LogP contribution in [-0.4, -0.2) is 0 Å². The van der Waals surface area contributed by atoms with Crippen molar-refractivity contribution in [3.05, 3.63) is 237 Å². The van der Waals surface area contributed by atoms with Crippen LogP contribution >= 0.6 is 11.3 Å². The van der Waals surface area contributed by atoms with Crippen molar-refractivity contribution in [2.75, 3.05) is 4.90 Å². The number of hydrogen-bond acceptors (Lipinski definition) is 2. The molecular weight excluding hydrogens is 767 g/mol. The average Bonchev–Trinajstić information content (AvgIpc) is 3.74. The Morgan fingerprint density at radius 3 is 1.47 bits per heavy atom. The Kier molecular flexibility index (Phi) is 8.76. The molecular formula is C60H39NS. The summed E-state index contributed by atoms with van der Waals surface area (Å²) in [6.45, 7) is 0. The second kappa shape index (κ2) is 15.0. The molecule has 0 radical (unpaired) electrons. The van der Waals surface area contributed by atoms with Gasteiger partial charge in [0, 0.05) is 26.8 Å². The molecule has 0 amide bonds. The first-order valence-corrected chi connectivity index (χ1v) is 22.1. The Bertz CT molecular complexity index is 3610. The van der Waals surface area contributed by atoms with Crippen molar-refractivity contribution >= 4 is 80.9 Å². The smallest absolute Gasteiger partial charge is 0.0640 e. The first-order valence-electron chi connectivity index (χ1n) is 21.3. The van der Waals surface area contributed by atoms with E-state index in [9.17, 15) is 0 Å². The van der Waals surface area contributed by atoms with E-state index >= 15 is 0 Å². The minimum Gasteiger partial charge on any atom is -0.309 e. The monoisotopic (exact) mass is 805 g/mol. The number of benzene rings is 11. The second-order valence-electron chi connectivity index (χ2n) is 16.0. The van der Waals surface area contributed by atoms with Gasteiger partial charge in [-0.1, -0.05) is 206 Å². The van der Waals surface area contributed by atoms with Crippen LogP contribution in [0.5, 0.6) is 0 Å². The summed E-state index contributed by atoms with van der Waals surface area (Å²) in [7, 11) is 0. The van der Waals surface area contributed by atoms with Crippen LogP contribution in [0.1, 0.15) is 0 Å². The number of fused-ring (bicyclic) bond motifs is 6. The summed E-state index contributed by atoms with van der Waals surface area (Å²) in [6.07, 6.45) is 0. The molecule has 0 saturated heterocycles. The molecule has 0 spiro atoms. The summed E-state index contributed by atoms with van der Waals surface area (Å²) < 4.78 is 2.56. The van der Waals surface area contributed by atoms with Gasteiger partial charge in [0.05, 0.1) is 10.4 Å². The largest absolute Gasteiger partial charge is 0.309 e. The first-order chi connectivity index (χ1) is 30.8. The third-order valence-electron chi connectivity index (χ3n) is 12.4. The van der Waals surface area contributed by atoms with Gasteiger partial charge in [-0.15, -0.1) is 11.3 Å². The first kappa shape index (κ1) is 36.1. The Morgan fingerprint density at radius 2 is 0.758 bits per heavy atom. The lowest BCUT2D eigenvalue weighted by atomic mass is 9.91. The predicted octanol–water partition coefficient (Wildman–Crippen LogP) is 17.7. The van der Waals surface area contributed by atoms with Crippen molar-refractivity contribution in [2.24, 2.45) is 0 Å². The molecule has 12 aromatic rings. The van der Waals surface area contributed by atoms with Crippen molar-refractivity contribution in [1.82, 2.24) is 0 Å². The van der Waals surface area contributed by atoms with Crippen molar-refractivity contribution in [1.29, 1.82) is 0 Å². The Balaban J connectivity index is 1.10. The fraction of sp³-hybridized carbons (Fsp3) is 0. The van der Waals surface area contributed by atoms with E-state index in [4.69, 9.17) is 0 Å². The van der Waals surface area contributed by atoms with Gasteiger partial charge in [0.25, 0.3) is 0 Å². The van der Waals surface area contributed by atoms with E-state index in [0.29, 0.717) is 0 Å². The van der Waals surface area contributed by atoms with Crippen molar-refractivity contribution in [3.8, 4) is 44.5 Å². The summed E-state index contributed by atoms with van der Waals surface area (Å²) >= 11 is 1.89. The molecule has 0 fully saturated rings. The van der Waals surface area contributed by atoms with Crippen LogP contribution in [0.15, 0.2) is 237 Å². The highest BCUT2D eigenvalue weighted by atomic mass is 32.1. The van der Waals surface area contributed by atoms with E-state index in [-0.39, 0.29) is 0 Å². The van der Waals surface area contributed by atoms with Crippen LogP contribution < -0.4 is 4.90 Å². The van der Waals surface area contributed by atoms with Gasteiger partial charge in [-0.3, -0.25) is 0 Å². The highest BCUT2D eigenvalue weighted by Crippen LogP contribution is 2.49. The zero-order valence-corrected chi connectivity index (χ0v) is 34.7. The quantitative estimate of drug-likeness (QED) is 0.155. The molecule has 0 aliphatic rings. The van der Waals surface area contributed by atoms with Crippen LogP contribution in [0.4, 0.5) is 17.1 Å². The summed E-state index contributed by atoms with van der Waals surface area (Å²) in [5.41, 5.74) is 13.2. The maximum absolute atomic E-state index is 2.49. The fourth-order valence-electron chi connectivity index (χ4n) is 9.59. The SMILES string of the molecule is c1ccc(-c2cccc3c2sc2c(N(c4ccc(-c5cccc6cccc(-c7ccccc7)c56)cc4)c4cc(-c5cccc6ccccc56)c5ccccc5c4)cccc23)cc1. The maximum atomic E-state index is 2.49. The molecule has 290 valence electrons. The standard InChI is InChI=1S/C60H39NS/c1-3-16-41(17-4-1)50-27-12-23-44-24-13-28-51(58(44)50)43-34-36-46(37-35-43)61(57-33-15-32-55-54-31-14-29-52(59(54)62-60(55)57)42-18-5-2-6-19-42)47-38-45-21-8-10-26-49(45)56(39-47)53-30-11-22-40-20-7-9-25-48(40)53/h1-39H. The summed E-state index contributed by atoms with van der Waals surface area (Å²) in [4.78, 5) is 2.49. The molecule has 0 saturated carbocycles. The molecule has 62 heavy (non-hydrogen) atoms. The van der Waals surface area contributed by atoms with Gasteiger partial charge < -0.3 is 4.90 Å². The van der Waals surface area contributed by atoms with Gasteiger partial charge >= 0.3 is 0 Å². The highest BCUT2D eigenvalue weighted by molar-refractivity contribution is 7.27. The van der Waals surface area contributed by atoms with Gasteiger partial charge in [0.2, 0.25) is 0 Å². The Labute approximate surface area is 365 Å². The lowest BCUT2D eigenvalue weighted by molar-refractivity contribution is 1.31. The maximum Gasteiger partial charge on any atom is 0.0640 e. The Hall–Kier alpha value is -7.78. The molecule has 1 aromatic heterocycles. The molecule has 0 unspecified atom stereocenters. The van der Waals surface area contributed by atoms with E-state index < -0.39 is 0 Å². The number of rotatable bonds is 7. The number of thiophene rings is 1. The molecule has 12 rings (SSSR count). The van der Waals surface area contributed by atoms with Crippen molar-refractivity contribution in [2.45, 2.75) is 0 Å². The third-order valence-corrected chi connectivity index (χ3v) is 13.7. The molecule has 2 heteroatoms. The number of anilines is 3. The summed E-state index contributed by atoms with van der Waals surface area (Å²) in [6, 6.07) is 86.7. The minimum absolute atomic E-state index is 1.10. The van der Waals surface area contributed by atoms with Crippen molar-refractivity contribution in [3.63, 3.8) is 0 Å². The lowest BCUT2D eigenvalue weighted by Gasteiger charge is -2.28. The van der Waals surface area contributed by atoms with Gasteiger partial charge in [-0.2, -0.15) is 0 Å².